The summed E-state index contributed by atoms with van der Waals surface area (Å²) in [5.41, 5.74) is 4.01. The number of unbranched alkanes of at least 4 members (excludes halogenated alkanes) is 12. The lowest BCUT2D eigenvalue weighted by molar-refractivity contribution is 0.289. The molecule has 0 radical (unpaired) electrons. The van der Waals surface area contributed by atoms with Gasteiger partial charge in [-0.15, -0.1) is 0 Å². The first-order valence-corrected chi connectivity index (χ1v) is 12.9. The second-order valence-corrected chi connectivity index (χ2v) is 9.24. The van der Waals surface area contributed by atoms with E-state index in [1.807, 2.05) is 0 Å². The Kier molecular flexibility index (Phi) is 10.8. The van der Waals surface area contributed by atoms with Crippen LogP contribution in [-0.2, 0) is 13.0 Å². The minimum Gasteiger partial charge on any atom is -0.473 e. The van der Waals surface area contributed by atoms with Gasteiger partial charge in [0.15, 0.2) is 6.73 Å². The predicted molar refractivity (Wildman–Crippen MR) is 134 cm³/mol. The molecule has 2 aromatic carbocycles. The van der Waals surface area contributed by atoms with E-state index in [4.69, 9.17) is 4.74 Å². The minimum atomic E-state index is 0.634. The van der Waals surface area contributed by atoms with Gasteiger partial charge in [-0.05, 0) is 36.6 Å². The summed E-state index contributed by atoms with van der Waals surface area (Å²) < 4.78 is 5.99. The first-order chi connectivity index (χ1) is 15.4. The molecule has 2 nitrogen and oxygen atoms in total. The van der Waals surface area contributed by atoms with Crippen molar-refractivity contribution in [1.29, 1.82) is 0 Å². The molecule has 1 heterocycles. The molecule has 2 aromatic rings. The number of rotatable bonds is 15. The highest BCUT2D eigenvalue weighted by Gasteiger charge is 2.17. The van der Waals surface area contributed by atoms with Crippen LogP contribution in [0, 0.1) is 0 Å². The number of anilines is 1. The molecule has 31 heavy (non-hydrogen) atoms. The highest BCUT2D eigenvalue weighted by Crippen LogP contribution is 2.29. The Morgan fingerprint density at radius 3 is 1.97 bits per heavy atom. The number of fused-ring (bicyclic) bond motifs is 1. The van der Waals surface area contributed by atoms with Gasteiger partial charge in [0.2, 0.25) is 0 Å². The molecule has 0 bridgehead atoms. The third kappa shape index (κ3) is 8.59. The lowest BCUT2D eigenvalue weighted by atomic mass is 10.0. The van der Waals surface area contributed by atoms with Crippen LogP contribution < -0.4 is 9.64 Å². The standard InChI is InChI=1S/C29H43NO/c1-2-3-4-5-6-7-8-9-10-11-12-13-15-18-26-21-22-29-27(23-26)24-30(25-31-29)28-19-16-14-17-20-28/h14,16-17,19-23H,2-13,15,18,24-25H2,1H3. The van der Waals surface area contributed by atoms with Gasteiger partial charge in [-0.2, -0.15) is 0 Å². The molecule has 1 aliphatic rings. The Labute approximate surface area is 191 Å². The maximum absolute atomic E-state index is 5.99. The molecule has 0 aromatic heterocycles. The molecule has 0 atom stereocenters. The van der Waals surface area contributed by atoms with Crippen LogP contribution in [0.25, 0.3) is 0 Å². The number of para-hydroxylation sites is 1. The Morgan fingerprint density at radius 1 is 0.710 bits per heavy atom. The van der Waals surface area contributed by atoms with Crippen molar-refractivity contribution in [2.24, 2.45) is 0 Å². The molecule has 0 fully saturated rings. The van der Waals surface area contributed by atoms with Gasteiger partial charge < -0.3 is 9.64 Å². The molecule has 0 saturated heterocycles. The average Bonchev–Trinajstić information content (AvgIpc) is 2.82. The van der Waals surface area contributed by atoms with Crippen LogP contribution in [0.4, 0.5) is 5.69 Å². The largest absolute Gasteiger partial charge is 0.473 e. The maximum atomic E-state index is 5.99. The van der Waals surface area contributed by atoms with E-state index >= 15 is 0 Å². The van der Waals surface area contributed by atoms with Crippen LogP contribution in [0.15, 0.2) is 48.5 Å². The van der Waals surface area contributed by atoms with Crippen molar-refractivity contribution < 1.29 is 4.74 Å². The smallest absolute Gasteiger partial charge is 0.161 e. The molecule has 2 heteroatoms. The first-order valence-electron chi connectivity index (χ1n) is 12.9. The van der Waals surface area contributed by atoms with Gasteiger partial charge in [0.1, 0.15) is 5.75 Å². The van der Waals surface area contributed by atoms with Crippen molar-refractivity contribution in [1.82, 2.24) is 0 Å². The van der Waals surface area contributed by atoms with Gasteiger partial charge in [0.05, 0.1) is 0 Å². The fourth-order valence-electron chi connectivity index (χ4n) is 4.60. The molecule has 0 spiro atoms. The van der Waals surface area contributed by atoms with Crippen molar-refractivity contribution in [3.8, 4) is 5.75 Å². The second kappa shape index (κ2) is 14.2. The maximum Gasteiger partial charge on any atom is 0.161 e. The van der Waals surface area contributed by atoms with Crippen LogP contribution in [0.3, 0.4) is 0 Å². The minimum absolute atomic E-state index is 0.634. The number of aryl methyl sites for hydroxylation is 1. The highest BCUT2D eigenvalue weighted by atomic mass is 16.5. The summed E-state index contributed by atoms with van der Waals surface area (Å²) in [5.74, 6) is 1.06. The summed E-state index contributed by atoms with van der Waals surface area (Å²) in [6.45, 7) is 3.86. The van der Waals surface area contributed by atoms with E-state index in [0.29, 0.717) is 6.73 Å². The topological polar surface area (TPSA) is 12.5 Å². The Balaban J connectivity index is 1.26. The molecule has 0 N–H and O–H groups in total. The summed E-state index contributed by atoms with van der Waals surface area (Å²) >= 11 is 0. The van der Waals surface area contributed by atoms with E-state index < -0.39 is 0 Å². The SMILES string of the molecule is CCCCCCCCCCCCCCCc1ccc2c(c1)CN(c1ccccc1)CO2. The van der Waals surface area contributed by atoms with Gasteiger partial charge in [0.25, 0.3) is 0 Å². The summed E-state index contributed by atoms with van der Waals surface area (Å²) in [6, 6.07) is 17.4. The zero-order valence-corrected chi connectivity index (χ0v) is 19.8. The van der Waals surface area contributed by atoms with Crippen molar-refractivity contribution in [2.45, 2.75) is 103 Å². The van der Waals surface area contributed by atoms with Crippen LogP contribution >= 0.6 is 0 Å². The van der Waals surface area contributed by atoms with Crippen molar-refractivity contribution in [2.75, 3.05) is 11.6 Å². The molecule has 170 valence electrons. The van der Waals surface area contributed by atoms with Crippen molar-refractivity contribution in [3.05, 3.63) is 59.7 Å². The molecule has 0 aliphatic carbocycles. The molecule has 3 rings (SSSR count). The normalized spacial score (nSPS) is 13.1. The number of hydrogen-bond donors (Lipinski definition) is 0. The number of benzene rings is 2. The molecule has 0 unspecified atom stereocenters. The quantitative estimate of drug-likeness (QED) is 0.267. The number of nitrogens with zero attached hydrogens (tertiary/aromatic N) is 1. The average molecular weight is 422 g/mol. The zero-order valence-electron chi connectivity index (χ0n) is 19.8. The van der Waals surface area contributed by atoms with E-state index in [1.165, 1.54) is 107 Å². The lowest BCUT2D eigenvalue weighted by Gasteiger charge is -2.31. The number of hydrogen-bond acceptors (Lipinski definition) is 2. The Morgan fingerprint density at radius 2 is 1.32 bits per heavy atom. The van der Waals surface area contributed by atoms with Gasteiger partial charge >= 0.3 is 0 Å². The summed E-state index contributed by atoms with van der Waals surface area (Å²) in [7, 11) is 0. The molecular weight excluding hydrogens is 378 g/mol. The van der Waals surface area contributed by atoms with E-state index in [-0.39, 0.29) is 0 Å². The molecule has 0 amide bonds. The van der Waals surface area contributed by atoms with E-state index in [2.05, 4.69) is 60.4 Å². The zero-order chi connectivity index (χ0) is 21.6. The van der Waals surface area contributed by atoms with Gasteiger partial charge in [-0.25, -0.2) is 0 Å². The van der Waals surface area contributed by atoms with Crippen LogP contribution in [0.2, 0.25) is 0 Å². The Bertz CT molecular complexity index is 727. The van der Waals surface area contributed by atoms with Crippen LogP contribution in [-0.4, -0.2) is 6.73 Å². The van der Waals surface area contributed by atoms with Crippen molar-refractivity contribution in [3.63, 3.8) is 0 Å². The summed E-state index contributed by atoms with van der Waals surface area (Å²) in [5, 5.41) is 0. The first kappa shape index (κ1) is 23.7. The van der Waals surface area contributed by atoms with Gasteiger partial charge in [-0.3, -0.25) is 0 Å². The lowest BCUT2D eigenvalue weighted by Crippen LogP contribution is -2.31. The second-order valence-electron chi connectivity index (χ2n) is 9.24. The monoisotopic (exact) mass is 421 g/mol. The van der Waals surface area contributed by atoms with E-state index in [0.717, 1.165) is 12.3 Å². The number of ether oxygens (including phenoxy) is 1. The van der Waals surface area contributed by atoms with E-state index in [9.17, 15) is 0 Å². The van der Waals surface area contributed by atoms with Gasteiger partial charge in [-0.1, -0.05) is 114 Å². The fourth-order valence-corrected chi connectivity index (χ4v) is 4.60. The van der Waals surface area contributed by atoms with Crippen LogP contribution in [0.1, 0.15) is 102 Å². The fraction of sp³-hybridized carbons (Fsp3) is 0.586. The van der Waals surface area contributed by atoms with Crippen molar-refractivity contribution >= 4 is 5.69 Å². The highest BCUT2D eigenvalue weighted by molar-refractivity contribution is 5.50. The molecule has 0 saturated carbocycles. The third-order valence-electron chi connectivity index (χ3n) is 6.55. The third-order valence-corrected chi connectivity index (χ3v) is 6.55. The molecule has 1 aliphatic heterocycles. The molecular formula is C29H43NO. The van der Waals surface area contributed by atoms with Gasteiger partial charge in [0, 0.05) is 17.8 Å². The summed E-state index contributed by atoms with van der Waals surface area (Å²) in [4.78, 5) is 2.30. The summed E-state index contributed by atoms with van der Waals surface area (Å²) in [6.07, 6.45) is 19.6. The van der Waals surface area contributed by atoms with Crippen LogP contribution in [0.5, 0.6) is 5.75 Å². The van der Waals surface area contributed by atoms with E-state index in [1.54, 1.807) is 0 Å². The Hall–Kier alpha value is -1.96. The predicted octanol–water partition coefficient (Wildman–Crippen LogP) is 8.68.